The van der Waals surface area contributed by atoms with Crippen molar-refractivity contribution in [3.63, 3.8) is 0 Å². The number of allylic oxidation sites excluding steroid dienone is 1. The first-order valence-electron chi connectivity index (χ1n) is 6.42. The van der Waals surface area contributed by atoms with Crippen LogP contribution in [0.5, 0.6) is 0 Å². The Morgan fingerprint density at radius 3 is 3.06 bits per heavy atom. The van der Waals surface area contributed by atoms with Crippen molar-refractivity contribution in [1.82, 2.24) is 0 Å². The molecule has 1 aliphatic carbocycles. The number of aliphatic hydroxyl groups is 1. The molecule has 2 heteroatoms. The van der Waals surface area contributed by atoms with Gasteiger partial charge in [-0.2, -0.15) is 0 Å². The lowest BCUT2D eigenvalue weighted by Crippen LogP contribution is -2.10. The van der Waals surface area contributed by atoms with Crippen LogP contribution in [-0.2, 0) is 0 Å². The average molecular weight is 246 g/mol. The van der Waals surface area contributed by atoms with Crippen molar-refractivity contribution >= 4 is 17.3 Å². The Labute approximate surface area is 107 Å². The Balaban J connectivity index is 1.86. The summed E-state index contributed by atoms with van der Waals surface area (Å²) in [4.78, 5) is 1.41. The molecule has 2 atom stereocenters. The summed E-state index contributed by atoms with van der Waals surface area (Å²) < 4.78 is 0. The molecule has 2 aliphatic rings. The minimum atomic E-state index is 0.350. The number of fused-ring (bicyclic) bond motifs is 1. The Morgan fingerprint density at radius 1 is 1.29 bits per heavy atom. The van der Waals surface area contributed by atoms with Gasteiger partial charge in [0.1, 0.15) is 0 Å². The van der Waals surface area contributed by atoms with E-state index in [-0.39, 0.29) is 0 Å². The number of rotatable bonds is 2. The maximum atomic E-state index is 9.37. The van der Waals surface area contributed by atoms with Gasteiger partial charge in [0.15, 0.2) is 0 Å². The first-order chi connectivity index (χ1) is 8.38. The van der Waals surface area contributed by atoms with Crippen LogP contribution in [0.3, 0.4) is 0 Å². The lowest BCUT2D eigenvalue weighted by atomic mass is 9.93. The maximum Gasteiger partial charge on any atom is 0.0464 e. The van der Waals surface area contributed by atoms with Crippen LogP contribution >= 0.6 is 11.8 Å². The molecule has 0 aromatic heterocycles. The van der Waals surface area contributed by atoms with Crippen molar-refractivity contribution in [3.8, 4) is 0 Å². The van der Waals surface area contributed by atoms with E-state index in [9.17, 15) is 5.11 Å². The van der Waals surface area contributed by atoms with E-state index in [4.69, 9.17) is 0 Å². The fourth-order valence-corrected chi connectivity index (χ4v) is 4.09. The van der Waals surface area contributed by atoms with E-state index in [1.807, 2.05) is 11.8 Å². The molecule has 1 nitrogen and oxygen atoms in total. The molecule has 90 valence electrons. The standard InChI is InChI=1S/C15H18OS/c16-9-12-5-3-4-11(12)8-13-10-17-15-7-2-1-6-14(13)15/h1-2,6-8,11-12,16H,3-5,9-10H2. The van der Waals surface area contributed by atoms with Gasteiger partial charge in [0.05, 0.1) is 0 Å². The third kappa shape index (κ3) is 2.16. The predicted molar refractivity (Wildman–Crippen MR) is 73.1 cm³/mol. The van der Waals surface area contributed by atoms with Gasteiger partial charge >= 0.3 is 0 Å². The molecule has 1 fully saturated rings. The summed E-state index contributed by atoms with van der Waals surface area (Å²) in [6, 6.07) is 8.67. The van der Waals surface area contributed by atoms with E-state index in [1.165, 1.54) is 35.3 Å². The quantitative estimate of drug-likeness (QED) is 0.860. The van der Waals surface area contributed by atoms with E-state index < -0.39 is 0 Å². The highest BCUT2D eigenvalue weighted by Gasteiger charge is 2.26. The van der Waals surface area contributed by atoms with Crippen molar-refractivity contribution in [2.45, 2.75) is 24.2 Å². The topological polar surface area (TPSA) is 20.2 Å². The van der Waals surface area contributed by atoms with Gasteiger partial charge in [-0.05, 0) is 41.9 Å². The molecule has 0 saturated heterocycles. The molecule has 17 heavy (non-hydrogen) atoms. The van der Waals surface area contributed by atoms with Crippen LogP contribution in [0.15, 0.2) is 35.2 Å². The van der Waals surface area contributed by atoms with Crippen LogP contribution < -0.4 is 0 Å². The molecule has 1 N–H and O–H groups in total. The fourth-order valence-electron chi connectivity index (χ4n) is 3.00. The second-order valence-corrected chi connectivity index (χ2v) is 6.03. The summed E-state index contributed by atoms with van der Waals surface area (Å²) in [5, 5.41) is 9.37. The van der Waals surface area contributed by atoms with Gasteiger partial charge in [0, 0.05) is 17.3 Å². The average Bonchev–Trinajstić information content (AvgIpc) is 2.97. The zero-order chi connectivity index (χ0) is 11.7. The van der Waals surface area contributed by atoms with Gasteiger partial charge in [-0.25, -0.2) is 0 Å². The smallest absolute Gasteiger partial charge is 0.0464 e. The molecule has 1 aromatic rings. The monoisotopic (exact) mass is 246 g/mol. The maximum absolute atomic E-state index is 9.37. The van der Waals surface area contributed by atoms with Crippen LogP contribution in [0.4, 0.5) is 0 Å². The van der Waals surface area contributed by atoms with Gasteiger partial charge in [0.25, 0.3) is 0 Å². The van der Waals surface area contributed by atoms with Gasteiger partial charge in [0.2, 0.25) is 0 Å². The molecule has 0 amide bonds. The third-order valence-corrected chi connectivity index (χ3v) is 5.11. The van der Waals surface area contributed by atoms with E-state index >= 15 is 0 Å². The van der Waals surface area contributed by atoms with Gasteiger partial charge in [-0.15, -0.1) is 11.8 Å². The van der Waals surface area contributed by atoms with Gasteiger partial charge in [-0.3, -0.25) is 0 Å². The summed E-state index contributed by atoms with van der Waals surface area (Å²) >= 11 is 1.94. The predicted octanol–water partition coefficient (Wildman–Crippen LogP) is 3.58. The number of benzene rings is 1. The third-order valence-electron chi connectivity index (χ3n) is 3.98. The van der Waals surface area contributed by atoms with Crippen molar-refractivity contribution in [2.24, 2.45) is 11.8 Å². The lowest BCUT2D eigenvalue weighted by molar-refractivity contribution is 0.210. The number of aliphatic hydroxyl groups excluding tert-OH is 1. The van der Waals surface area contributed by atoms with Crippen molar-refractivity contribution < 1.29 is 5.11 Å². The molecule has 3 rings (SSSR count). The lowest BCUT2D eigenvalue weighted by Gasteiger charge is -2.14. The Kier molecular flexibility index (Phi) is 3.26. The fraction of sp³-hybridized carbons (Fsp3) is 0.467. The number of hydrogen-bond donors (Lipinski definition) is 1. The van der Waals surface area contributed by atoms with Gasteiger partial charge < -0.3 is 5.11 Å². The molecule has 0 radical (unpaired) electrons. The normalized spacial score (nSPS) is 29.8. The van der Waals surface area contributed by atoms with E-state index in [0.29, 0.717) is 18.4 Å². The molecule has 1 aliphatic heterocycles. The minimum Gasteiger partial charge on any atom is -0.396 e. The second kappa shape index (κ2) is 4.87. The van der Waals surface area contributed by atoms with Crippen molar-refractivity contribution in [3.05, 3.63) is 35.9 Å². The molecule has 0 spiro atoms. The van der Waals surface area contributed by atoms with Crippen molar-refractivity contribution in [1.29, 1.82) is 0 Å². The summed E-state index contributed by atoms with van der Waals surface area (Å²) in [5.41, 5.74) is 2.90. The van der Waals surface area contributed by atoms with E-state index in [1.54, 1.807) is 0 Å². The van der Waals surface area contributed by atoms with Gasteiger partial charge in [-0.1, -0.05) is 30.7 Å². The molecule has 1 heterocycles. The van der Waals surface area contributed by atoms with E-state index in [2.05, 4.69) is 30.3 Å². The van der Waals surface area contributed by atoms with Crippen molar-refractivity contribution in [2.75, 3.05) is 12.4 Å². The molecular formula is C15H18OS. The van der Waals surface area contributed by atoms with Crippen LogP contribution in [0.25, 0.3) is 5.57 Å². The minimum absolute atomic E-state index is 0.350. The molecule has 1 saturated carbocycles. The Bertz CT molecular complexity index is 438. The molecular weight excluding hydrogens is 228 g/mol. The first kappa shape index (κ1) is 11.4. The molecule has 0 bridgehead atoms. The van der Waals surface area contributed by atoms with Crippen LogP contribution in [0.2, 0.25) is 0 Å². The van der Waals surface area contributed by atoms with E-state index in [0.717, 1.165) is 5.75 Å². The summed E-state index contributed by atoms with van der Waals surface area (Å²) in [6.45, 7) is 0.350. The summed E-state index contributed by atoms with van der Waals surface area (Å²) in [7, 11) is 0. The number of thioether (sulfide) groups is 1. The Hall–Kier alpha value is -0.730. The first-order valence-corrected chi connectivity index (χ1v) is 7.41. The van der Waals surface area contributed by atoms with Crippen LogP contribution in [0.1, 0.15) is 24.8 Å². The van der Waals surface area contributed by atoms with Crippen LogP contribution in [-0.4, -0.2) is 17.5 Å². The zero-order valence-electron chi connectivity index (χ0n) is 9.93. The summed E-state index contributed by atoms with van der Waals surface area (Å²) in [6.07, 6.45) is 6.16. The molecule has 1 aromatic carbocycles. The zero-order valence-corrected chi connectivity index (χ0v) is 10.7. The second-order valence-electron chi connectivity index (χ2n) is 5.01. The highest BCUT2D eigenvalue weighted by molar-refractivity contribution is 8.00. The largest absolute Gasteiger partial charge is 0.396 e. The SMILES string of the molecule is OCC1CCCC1C=C1CSc2ccccc21. The summed E-state index contributed by atoms with van der Waals surface area (Å²) in [5.74, 6) is 2.20. The van der Waals surface area contributed by atoms with Crippen LogP contribution in [0, 0.1) is 11.8 Å². The highest BCUT2D eigenvalue weighted by Crippen LogP contribution is 2.41. The Morgan fingerprint density at radius 2 is 2.18 bits per heavy atom. The molecule has 2 unspecified atom stereocenters. The highest BCUT2D eigenvalue weighted by atomic mass is 32.2. The number of hydrogen-bond acceptors (Lipinski definition) is 2.